The molecule has 1 amide bonds. The first-order chi connectivity index (χ1) is 9.74. The van der Waals surface area contributed by atoms with Crippen molar-refractivity contribution in [2.75, 3.05) is 38.5 Å². The van der Waals surface area contributed by atoms with E-state index in [1.807, 2.05) is 18.2 Å². The summed E-state index contributed by atoms with van der Waals surface area (Å²) in [6.07, 6.45) is 0. The van der Waals surface area contributed by atoms with E-state index in [0.29, 0.717) is 12.6 Å². The number of amides is 1. The summed E-state index contributed by atoms with van der Waals surface area (Å²) in [5, 5.41) is 6.37. The molecule has 1 heterocycles. The van der Waals surface area contributed by atoms with Gasteiger partial charge < -0.3 is 10.6 Å². The Balaban J connectivity index is 1.58. The number of carbonyl (C=O) groups is 1. The fourth-order valence-electron chi connectivity index (χ4n) is 2.29. The molecule has 1 aromatic carbocycles. The Labute approximate surface area is 125 Å². The minimum Gasteiger partial charge on any atom is -0.354 e. The fraction of sp³-hybridized carbons (Fsp3) is 0.533. The van der Waals surface area contributed by atoms with Crippen molar-refractivity contribution in [3.8, 4) is 0 Å². The van der Waals surface area contributed by atoms with E-state index in [-0.39, 0.29) is 5.91 Å². The number of piperazine rings is 1. The molecule has 2 N–H and O–H groups in total. The zero-order valence-corrected chi connectivity index (χ0v) is 12.8. The molecule has 20 heavy (non-hydrogen) atoms. The molecule has 1 fully saturated rings. The van der Waals surface area contributed by atoms with E-state index in [9.17, 15) is 4.79 Å². The Kier molecular flexibility index (Phi) is 6.36. The SMILES string of the molecule is C[C@H]1CN(CC(=O)NCCSc2ccccc2)CCN1. The third kappa shape index (κ3) is 5.53. The monoisotopic (exact) mass is 293 g/mol. The van der Waals surface area contributed by atoms with Gasteiger partial charge in [-0.1, -0.05) is 18.2 Å². The summed E-state index contributed by atoms with van der Waals surface area (Å²) in [5.74, 6) is 1.04. The molecule has 0 unspecified atom stereocenters. The lowest BCUT2D eigenvalue weighted by Gasteiger charge is -2.31. The van der Waals surface area contributed by atoms with Crippen molar-refractivity contribution < 1.29 is 4.79 Å². The second-order valence-corrected chi connectivity index (χ2v) is 6.27. The van der Waals surface area contributed by atoms with Gasteiger partial charge in [-0.2, -0.15) is 0 Å². The van der Waals surface area contributed by atoms with Gasteiger partial charge in [-0.3, -0.25) is 9.69 Å². The van der Waals surface area contributed by atoms with E-state index in [0.717, 1.165) is 31.9 Å². The molecule has 0 bridgehead atoms. The first kappa shape index (κ1) is 15.4. The highest BCUT2D eigenvalue weighted by Crippen LogP contribution is 2.15. The van der Waals surface area contributed by atoms with Crippen molar-refractivity contribution in [2.24, 2.45) is 0 Å². The molecule has 5 heteroatoms. The molecule has 1 aromatic rings. The van der Waals surface area contributed by atoms with Gasteiger partial charge in [-0.25, -0.2) is 0 Å². The molecule has 0 aliphatic carbocycles. The van der Waals surface area contributed by atoms with Crippen LogP contribution in [0.1, 0.15) is 6.92 Å². The van der Waals surface area contributed by atoms with Crippen LogP contribution in [-0.4, -0.2) is 55.3 Å². The molecule has 0 saturated carbocycles. The quantitative estimate of drug-likeness (QED) is 0.611. The normalized spacial score (nSPS) is 19.8. The first-order valence-corrected chi connectivity index (χ1v) is 8.13. The molecule has 1 aliphatic heterocycles. The number of thioether (sulfide) groups is 1. The molecule has 0 spiro atoms. The number of nitrogens with zero attached hydrogens (tertiary/aromatic N) is 1. The van der Waals surface area contributed by atoms with Crippen LogP contribution in [0.15, 0.2) is 35.2 Å². The maximum Gasteiger partial charge on any atom is 0.234 e. The smallest absolute Gasteiger partial charge is 0.234 e. The van der Waals surface area contributed by atoms with Gasteiger partial charge in [0.2, 0.25) is 5.91 Å². The molecule has 1 saturated heterocycles. The highest BCUT2D eigenvalue weighted by molar-refractivity contribution is 7.99. The third-order valence-electron chi connectivity index (χ3n) is 3.26. The number of hydrogen-bond donors (Lipinski definition) is 2. The summed E-state index contributed by atoms with van der Waals surface area (Å²) in [6.45, 7) is 6.27. The van der Waals surface area contributed by atoms with Crippen molar-refractivity contribution in [1.82, 2.24) is 15.5 Å². The van der Waals surface area contributed by atoms with Crippen LogP contribution >= 0.6 is 11.8 Å². The molecular formula is C15H23N3OS. The predicted molar refractivity (Wildman–Crippen MR) is 84.1 cm³/mol. The van der Waals surface area contributed by atoms with E-state index >= 15 is 0 Å². The molecule has 0 aromatic heterocycles. The average Bonchev–Trinajstić information content (AvgIpc) is 2.45. The van der Waals surface area contributed by atoms with Gasteiger partial charge in [0, 0.05) is 42.9 Å². The lowest BCUT2D eigenvalue weighted by atomic mass is 10.2. The molecule has 4 nitrogen and oxygen atoms in total. The Morgan fingerprint density at radius 3 is 3.00 bits per heavy atom. The van der Waals surface area contributed by atoms with Crippen molar-refractivity contribution in [1.29, 1.82) is 0 Å². The van der Waals surface area contributed by atoms with Gasteiger partial charge >= 0.3 is 0 Å². The highest BCUT2D eigenvalue weighted by Gasteiger charge is 2.17. The van der Waals surface area contributed by atoms with Crippen LogP contribution < -0.4 is 10.6 Å². The molecule has 0 radical (unpaired) electrons. The van der Waals surface area contributed by atoms with E-state index in [2.05, 4.69) is 34.6 Å². The Hall–Kier alpha value is -1.04. The van der Waals surface area contributed by atoms with Crippen molar-refractivity contribution >= 4 is 17.7 Å². The predicted octanol–water partition coefficient (Wildman–Crippen LogP) is 1.19. The Morgan fingerprint density at radius 1 is 1.45 bits per heavy atom. The number of benzene rings is 1. The molecule has 2 rings (SSSR count). The summed E-state index contributed by atoms with van der Waals surface area (Å²) in [5.41, 5.74) is 0. The summed E-state index contributed by atoms with van der Waals surface area (Å²) < 4.78 is 0. The fourth-order valence-corrected chi connectivity index (χ4v) is 3.08. The van der Waals surface area contributed by atoms with Crippen molar-refractivity contribution in [2.45, 2.75) is 17.9 Å². The summed E-state index contributed by atoms with van der Waals surface area (Å²) in [6, 6.07) is 10.7. The lowest BCUT2D eigenvalue weighted by molar-refractivity contribution is -0.122. The largest absolute Gasteiger partial charge is 0.354 e. The van der Waals surface area contributed by atoms with E-state index in [1.165, 1.54) is 4.90 Å². The molecular weight excluding hydrogens is 270 g/mol. The van der Waals surface area contributed by atoms with Gasteiger partial charge in [0.1, 0.15) is 0 Å². The van der Waals surface area contributed by atoms with Crippen LogP contribution in [0.5, 0.6) is 0 Å². The number of nitrogens with one attached hydrogen (secondary N) is 2. The van der Waals surface area contributed by atoms with Gasteiger partial charge in [-0.05, 0) is 19.1 Å². The number of rotatable bonds is 6. The zero-order valence-electron chi connectivity index (χ0n) is 12.0. The zero-order chi connectivity index (χ0) is 14.2. The summed E-state index contributed by atoms with van der Waals surface area (Å²) >= 11 is 1.77. The van der Waals surface area contributed by atoms with E-state index < -0.39 is 0 Å². The van der Waals surface area contributed by atoms with Gasteiger partial charge in [0.05, 0.1) is 6.54 Å². The van der Waals surface area contributed by atoms with Crippen LogP contribution in [0.2, 0.25) is 0 Å². The van der Waals surface area contributed by atoms with Crippen LogP contribution in [0, 0.1) is 0 Å². The highest BCUT2D eigenvalue weighted by atomic mass is 32.2. The second-order valence-electron chi connectivity index (χ2n) is 5.10. The lowest BCUT2D eigenvalue weighted by Crippen LogP contribution is -2.51. The molecule has 110 valence electrons. The van der Waals surface area contributed by atoms with Crippen molar-refractivity contribution in [3.05, 3.63) is 30.3 Å². The average molecular weight is 293 g/mol. The maximum absolute atomic E-state index is 11.8. The number of carbonyl (C=O) groups excluding carboxylic acids is 1. The standard InChI is InChI=1S/C15H23N3OS/c1-13-11-18(9-7-16-13)12-15(19)17-8-10-20-14-5-3-2-4-6-14/h2-6,13,16H,7-12H2,1H3,(H,17,19)/t13-/m0/s1. The molecule has 1 atom stereocenters. The van der Waals surface area contributed by atoms with Gasteiger partial charge in [0.15, 0.2) is 0 Å². The maximum atomic E-state index is 11.8. The second kappa shape index (κ2) is 8.29. The number of hydrogen-bond acceptors (Lipinski definition) is 4. The first-order valence-electron chi connectivity index (χ1n) is 7.14. The van der Waals surface area contributed by atoms with E-state index in [1.54, 1.807) is 11.8 Å². The Morgan fingerprint density at radius 2 is 2.25 bits per heavy atom. The van der Waals surface area contributed by atoms with Crippen LogP contribution in [-0.2, 0) is 4.79 Å². The van der Waals surface area contributed by atoms with Gasteiger partial charge in [-0.15, -0.1) is 11.8 Å². The Bertz CT molecular complexity index is 413. The summed E-state index contributed by atoms with van der Waals surface area (Å²) in [4.78, 5) is 15.3. The minimum absolute atomic E-state index is 0.132. The van der Waals surface area contributed by atoms with Crippen LogP contribution in [0.4, 0.5) is 0 Å². The summed E-state index contributed by atoms with van der Waals surface area (Å²) in [7, 11) is 0. The third-order valence-corrected chi connectivity index (χ3v) is 4.27. The molecule has 1 aliphatic rings. The van der Waals surface area contributed by atoms with Crippen LogP contribution in [0.25, 0.3) is 0 Å². The van der Waals surface area contributed by atoms with Crippen LogP contribution in [0.3, 0.4) is 0 Å². The minimum atomic E-state index is 0.132. The van der Waals surface area contributed by atoms with Gasteiger partial charge in [0.25, 0.3) is 0 Å². The van der Waals surface area contributed by atoms with E-state index in [4.69, 9.17) is 0 Å². The topological polar surface area (TPSA) is 44.4 Å². The van der Waals surface area contributed by atoms with Crippen molar-refractivity contribution in [3.63, 3.8) is 0 Å².